The molecule has 1 atom stereocenters. The van der Waals surface area contributed by atoms with Crippen molar-refractivity contribution >= 4 is 11.8 Å². The van der Waals surface area contributed by atoms with Crippen molar-refractivity contribution in [2.45, 2.75) is 13.0 Å². The zero-order chi connectivity index (χ0) is 15.7. The Morgan fingerprint density at radius 2 is 2.10 bits per heavy atom. The molecule has 0 aliphatic rings. The van der Waals surface area contributed by atoms with Crippen LogP contribution in [0.5, 0.6) is 5.75 Å². The Balaban J connectivity index is 2.20. The lowest BCUT2D eigenvalue weighted by Crippen LogP contribution is -2.42. The standard InChI is InChI=1S/C14H21N3O4/c1-10-3-2-4-12(5-10)21-9-11(18)7-16-14(20)8-17-13(19)6-15/h2-5,11,18H,6-9,15H2,1H3,(H,16,20)(H,17,19). The first kappa shape index (κ1) is 16.9. The van der Waals surface area contributed by atoms with Crippen LogP contribution in [0.25, 0.3) is 0 Å². The van der Waals surface area contributed by atoms with Crippen molar-refractivity contribution in [2.24, 2.45) is 5.73 Å². The molecule has 0 aliphatic carbocycles. The van der Waals surface area contributed by atoms with Gasteiger partial charge < -0.3 is 26.2 Å². The lowest BCUT2D eigenvalue weighted by molar-refractivity contribution is -0.125. The number of aryl methyl sites for hydroxylation is 1. The topological polar surface area (TPSA) is 114 Å². The highest BCUT2D eigenvalue weighted by Crippen LogP contribution is 2.12. The van der Waals surface area contributed by atoms with E-state index in [-0.39, 0.29) is 26.2 Å². The summed E-state index contributed by atoms with van der Waals surface area (Å²) in [7, 11) is 0. The van der Waals surface area contributed by atoms with Gasteiger partial charge in [0, 0.05) is 6.54 Å². The van der Waals surface area contributed by atoms with Crippen LogP contribution < -0.4 is 21.1 Å². The van der Waals surface area contributed by atoms with Crippen molar-refractivity contribution in [3.05, 3.63) is 29.8 Å². The maximum absolute atomic E-state index is 11.4. The Hall–Kier alpha value is -2.12. The Labute approximate surface area is 123 Å². The molecule has 0 heterocycles. The fraction of sp³-hybridized carbons (Fsp3) is 0.429. The van der Waals surface area contributed by atoms with Crippen LogP contribution in [0.15, 0.2) is 24.3 Å². The highest BCUT2D eigenvalue weighted by molar-refractivity contribution is 5.85. The molecule has 7 nitrogen and oxygen atoms in total. The zero-order valence-corrected chi connectivity index (χ0v) is 12.0. The van der Waals surface area contributed by atoms with Crippen LogP contribution in [0, 0.1) is 6.92 Å². The number of hydrogen-bond donors (Lipinski definition) is 4. The van der Waals surface area contributed by atoms with Gasteiger partial charge in [0.05, 0.1) is 13.1 Å². The third-order valence-electron chi connectivity index (χ3n) is 2.60. The molecule has 0 fully saturated rings. The molecule has 7 heteroatoms. The molecular weight excluding hydrogens is 274 g/mol. The van der Waals surface area contributed by atoms with Crippen LogP contribution in [0.2, 0.25) is 0 Å². The van der Waals surface area contributed by atoms with Gasteiger partial charge in [-0.15, -0.1) is 0 Å². The fourth-order valence-corrected chi connectivity index (χ4v) is 1.50. The van der Waals surface area contributed by atoms with Gasteiger partial charge >= 0.3 is 0 Å². The van der Waals surface area contributed by atoms with Crippen LogP contribution in [-0.2, 0) is 9.59 Å². The number of carbonyl (C=O) groups excluding carboxylic acids is 2. The Bertz CT molecular complexity index is 479. The predicted octanol–water partition coefficient (Wildman–Crippen LogP) is -1.07. The van der Waals surface area contributed by atoms with Crippen molar-refractivity contribution in [1.82, 2.24) is 10.6 Å². The molecule has 0 saturated carbocycles. The number of aliphatic hydroxyl groups is 1. The summed E-state index contributed by atoms with van der Waals surface area (Å²) in [5.74, 6) is -0.143. The van der Waals surface area contributed by atoms with Gasteiger partial charge in [-0.1, -0.05) is 12.1 Å². The average molecular weight is 295 g/mol. The smallest absolute Gasteiger partial charge is 0.239 e. The van der Waals surface area contributed by atoms with Gasteiger partial charge in [0.2, 0.25) is 11.8 Å². The summed E-state index contributed by atoms with van der Waals surface area (Å²) < 4.78 is 5.41. The molecule has 0 bridgehead atoms. The van der Waals surface area contributed by atoms with Crippen LogP contribution in [0.3, 0.4) is 0 Å². The molecule has 2 amide bonds. The first-order chi connectivity index (χ1) is 10.0. The molecule has 1 unspecified atom stereocenters. The quantitative estimate of drug-likeness (QED) is 0.487. The van der Waals surface area contributed by atoms with Crippen molar-refractivity contribution in [2.75, 3.05) is 26.2 Å². The van der Waals surface area contributed by atoms with Gasteiger partial charge in [-0.25, -0.2) is 0 Å². The molecule has 0 aromatic heterocycles. The van der Waals surface area contributed by atoms with Crippen molar-refractivity contribution in [3.8, 4) is 5.75 Å². The summed E-state index contributed by atoms with van der Waals surface area (Å²) in [5.41, 5.74) is 6.15. The second-order valence-corrected chi connectivity index (χ2v) is 4.57. The van der Waals surface area contributed by atoms with Gasteiger partial charge in [-0.05, 0) is 24.6 Å². The van der Waals surface area contributed by atoms with Crippen molar-refractivity contribution < 1.29 is 19.4 Å². The van der Waals surface area contributed by atoms with Crippen LogP contribution >= 0.6 is 0 Å². The fourth-order valence-electron chi connectivity index (χ4n) is 1.50. The zero-order valence-electron chi connectivity index (χ0n) is 12.0. The van der Waals surface area contributed by atoms with E-state index in [9.17, 15) is 14.7 Å². The van der Waals surface area contributed by atoms with Crippen molar-refractivity contribution in [3.63, 3.8) is 0 Å². The van der Waals surface area contributed by atoms with E-state index in [1.54, 1.807) is 6.07 Å². The van der Waals surface area contributed by atoms with E-state index >= 15 is 0 Å². The number of amides is 2. The van der Waals surface area contributed by atoms with Gasteiger partial charge in [0.15, 0.2) is 0 Å². The number of nitrogens with one attached hydrogen (secondary N) is 2. The van der Waals surface area contributed by atoms with E-state index in [1.807, 2.05) is 25.1 Å². The maximum Gasteiger partial charge on any atom is 0.239 e. The summed E-state index contributed by atoms with van der Waals surface area (Å²) in [4.78, 5) is 22.2. The third-order valence-corrected chi connectivity index (χ3v) is 2.60. The highest BCUT2D eigenvalue weighted by Gasteiger charge is 2.09. The molecule has 0 aliphatic heterocycles. The molecule has 1 rings (SSSR count). The van der Waals surface area contributed by atoms with Crippen LogP contribution in [0.1, 0.15) is 5.56 Å². The lowest BCUT2D eigenvalue weighted by atomic mass is 10.2. The van der Waals surface area contributed by atoms with E-state index in [2.05, 4.69) is 10.6 Å². The third kappa shape index (κ3) is 7.28. The molecule has 0 radical (unpaired) electrons. The minimum absolute atomic E-state index is 0.0448. The summed E-state index contributed by atoms with van der Waals surface area (Å²) in [6.07, 6.45) is -0.834. The number of benzene rings is 1. The van der Waals surface area contributed by atoms with Crippen LogP contribution in [-0.4, -0.2) is 49.3 Å². The molecule has 5 N–H and O–H groups in total. The van der Waals surface area contributed by atoms with Gasteiger partial charge in [0.25, 0.3) is 0 Å². The monoisotopic (exact) mass is 295 g/mol. The summed E-state index contributed by atoms with van der Waals surface area (Å²) >= 11 is 0. The van der Waals surface area contributed by atoms with E-state index in [0.29, 0.717) is 5.75 Å². The number of nitrogens with two attached hydrogens (primary N) is 1. The van der Waals surface area contributed by atoms with E-state index in [0.717, 1.165) is 5.56 Å². The SMILES string of the molecule is Cc1cccc(OCC(O)CNC(=O)CNC(=O)CN)c1. The molecule has 0 spiro atoms. The van der Waals surface area contributed by atoms with Crippen molar-refractivity contribution in [1.29, 1.82) is 0 Å². The Kier molecular flexibility index (Phi) is 7.20. The number of hydrogen-bond acceptors (Lipinski definition) is 5. The van der Waals surface area contributed by atoms with E-state index in [4.69, 9.17) is 10.5 Å². The predicted molar refractivity (Wildman–Crippen MR) is 77.8 cm³/mol. The lowest BCUT2D eigenvalue weighted by Gasteiger charge is -2.13. The molecular formula is C14H21N3O4. The van der Waals surface area contributed by atoms with Gasteiger partial charge in [-0.2, -0.15) is 0 Å². The summed E-state index contributed by atoms with van der Waals surface area (Å²) in [6, 6.07) is 7.45. The molecule has 1 aromatic carbocycles. The number of carbonyl (C=O) groups is 2. The summed E-state index contributed by atoms with van der Waals surface area (Å²) in [5, 5.41) is 14.5. The largest absolute Gasteiger partial charge is 0.491 e. The Morgan fingerprint density at radius 1 is 1.33 bits per heavy atom. The second kappa shape index (κ2) is 8.93. The van der Waals surface area contributed by atoms with Gasteiger partial charge in [-0.3, -0.25) is 9.59 Å². The van der Waals surface area contributed by atoms with E-state index in [1.165, 1.54) is 0 Å². The molecule has 116 valence electrons. The normalized spacial score (nSPS) is 11.6. The Morgan fingerprint density at radius 3 is 2.76 bits per heavy atom. The molecule has 21 heavy (non-hydrogen) atoms. The first-order valence-corrected chi connectivity index (χ1v) is 6.62. The van der Waals surface area contributed by atoms with Crippen LogP contribution in [0.4, 0.5) is 0 Å². The minimum atomic E-state index is -0.834. The maximum atomic E-state index is 11.4. The van der Waals surface area contributed by atoms with Gasteiger partial charge in [0.1, 0.15) is 18.5 Å². The average Bonchev–Trinajstić information content (AvgIpc) is 2.48. The van der Waals surface area contributed by atoms with E-state index < -0.39 is 17.9 Å². The molecule has 1 aromatic rings. The summed E-state index contributed by atoms with van der Waals surface area (Å²) in [6.45, 7) is 1.73. The minimum Gasteiger partial charge on any atom is -0.491 e. The first-order valence-electron chi connectivity index (χ1n) is 6.62. The molecule has 0 saturated heterocycles. The highest BCUT2D eigenvalue weighted by atomic mass is 16.5. The second-order valence-electron chi connectivity index (χ2n) is 4.57. The number of aliphatic hydroxyl groups excluding tert-OH is 1. The number of ether oxygens (including phenoxy) is 1. The number of rotatable bonds is 8.